The van der Waals surface area contributed by atoms with E-state index in [1.807, 2.05) is 13.8 Å². The van der Waals surface area contributed by atoms with Crippen molar-refractivity contribution in [3.05, 3.63) is 0 Å². The van der Waals surface area contributed by atoms with Gasteiger partial charge in [-0.25, -0.2) is 4.99 Å². The van der Waals surface area contributed by atoms with Crippen LogP contribution < -0.4 is 5.84 Å². The van der Waals surface area contributed by atoms with Crippen molar-refractivity contribution >= 4 is 6.01 Å². The number of nitrogens with zero attached hydrogens (tertiary/aromatic N) is 2. The molecule has 0 spiro atoms. The second kappa shape index (κ2) is 4.07. The first kappa shape index (κ1) is 9.18. The van der Waals surface area contributed by atoms with Crippen molar-refractivity contribution in [1.29, 1.82) is 0 Å². The fourth-order valence-electron chi connectivity index (χ4n) is 0.832. The highest BCUT2D eigenvalue weighted by atomic mass is 15.1. The first-order valence-electron chi connectivity index (χ1n) is 3.49. The van der Waals surface area contributed by atoms with E-state index >= 15 is 0 Å². The lowest BCUT2D eigenvalue weighted by Gasteiger charge is -2.15. The minimum absolute atomic E-state index is 0.0579. The molecule has 0 aromatic heterocycles. The number of aliphatic imine (C=N–C) groups is 1. The van der Waals surface area contributed by atoms with Gasteiger partial charge in [0.2, 0.25) is 0 Å². The van der Waals surface area contributed by atoms with Crippen LogP contribution in [-0.4, -0.2) is 11.5 Å². The molecule has 0 aromatic rings. The van der Waals surface area contributed by atoms with Crippen LogP contribution >= 0.6 is 0 Å². The van der Waals surface area contributed by atoms with Gasteiger partial charge in [0.25, 0.3) is 0 Å². The van der Waals surface area contributed by atoms with E-state index < -0.39 is 0 Å². The molecule has 0 atom stereocenters. The van der Waals surface area contributed by atoms with Gasteiger partial charge < -0.3 is 5.84 Å². The highest BCUT2D eigenvalue weighted by molar-refractivity contribution is 5.41. The highest BCUT2D eigenvalue weighted by Crippen LogP contribution is 2.14. The second-order valence-electron chi connectivity index (χ2n) is 2.90. The summed E-state index contributed by atoms with van der Waals surface area (Å²) in [7, 11) is 0. The molecular formula is C7H15N3. The molecule has 0 amide bonds. The van der Waals surface area contributed by atoms with E-state index in [1.54, 1.807) is 0 Å². The van der Waals surface area contributed by atoms with Crippen LogP contribution in [0.15, 0.2) is 10.1 Å². The highest BCUT2D eigenvalue weighted by Gasteiger charge is 2.12. The summed E-state index contributed by atoms with van der Waals surface area (Å²) >= 11 is 0. The van der Waals surface area contributed by atoms with E-state index in [-0.39, 0.29) is 5.54 Å². The average molecular weight is 141 g/mol. The summed E-state index contributed by atoms with van der Waals surface area (Å²) in [6.45, 7) is 6.19. The number of nitrogens with two attached hydrogens (primary N) is 1. The van der Waals surface area contributed by atoms with Crippen LogP contribution in [0, 0.1) is 0 Å². The molecule has 0 bridgehead atoms. The lowest BCUT2D eigenvalue weighted by molar-refractivity contribution is 0.476. The van der Waals surface area contributed by atoms with E-state index in [4.69, 9.17) is 5.84 Å². The van der Waals surface area contributed by atoms with Crippen LogP contribution in [0.3, 0.4) is 0 Å². The van der Waals surface area contributed by atoms with Crippen LogP contribution in [0.25, 0.3) is 0 Å². The Hall–Kier alpha value is -0.820. The number of hydrogen-bond acceptors (Lipinski definition) is 3. The molecule has 0 aromatic carbocycles. The molecule has 0 radical (unpaired) electrons. The maximum Gasteiger partial charge on any atom is 0.114 e. The molecule has 0 aliphatic heterocycles. The van der Waals surface area contributed by atoms with Gasteiger partial charge in [-0.2, -0.15) is 0 Å². The molecule has 3 heteroatoms. The summed E-state index contributed by atoms with van der Waals surface area (Å²) in [6.07, 6.45) is 2.15. The standard InChI is InChI=1S/C7H15N3/c1-4-5-7(2,3)9-6-10-8/h4-5,8H2,1-3H3. The Morgan fingerprint density at radius 2 is 2.10 bits per heavy atom. The predicted molar refractivity (Wildman–Crippen MR) is 43.0 cm³/mol. The maximum absolute atomic E-state index is 4.85. The van der Waals surface area contributed by atoms with Gasteiger partial charge in [0.1, 0.15) is 6.01 Å². The molecule has 0 heterocycles. The number of hydrazone groups is 1. The van der Waals surface area contributed by atoms with Gasteiger partial charge in [-0.3, -0.25) is 0 Å². The van der Waals surface area contributed by atoms with Gasteiger partial charge in [0.05, 0.1) is 5.54 Å². The summed E-state index contributed by atoms with van der Waals surface area (Å²) in [5.41, 5.74) is -0.0579. The summed E-state index contributed by atoms with van der Waals surface area (Å²) in [5, 5.41) is 3.19. The van der Waals surface area contributed by atoms with Crippen LogP contribution in [0.1, 0.15) is 33.6 Å². The smallest absolute Gasteiger partial charge is 0.114 e. The van der Waals surface area contributed by atoms with Crippen molar-refractivity contribution in [3.63, 3.8) is 0 Å². The van der Waals surface area contributed by atoms with Crippen molar-refractivity contribution < 1.29 is 0 Å². The molecule has 58 valence electrons. The molecule has 0 saturated heterocycles. The number of rotatable bonds is 3. The zero-order valence-corrected chi connectivity index (χ0v) is 6.89. The summed E-state index contributed by atoms with van der Waals surface area (Å²) in [5.74, 6) is 4.85. The lowest BCUT2D eigenvalue weighted by Crippen LogP contribution is -2.15. The normalized spacial score (nSPS) is 10.3. The Balaban J connectivity index is 3.98. The molecule has 0 aliphatic carbocycles. The van der Waals surface area contributed by atoms with Crippen molar-refractivity contribution in [1.82, 2.24) is 0 Å². The quantitative estimate of drug-likeness (QED) is 0.362. The second-order valence-corrected chi connectivity index (χ2v) is 2.90. The molecule has 10 heavy (non-hydrogen) atoms. The van der Waals surface area contributed by atoms with Crippen molar-refractivity contribution in [3.8, 4) is 0 Å². The lowest BCUT2D eigenvalue weighted by atomic mass is 10.0. The van der Waals surface area contributed by atoms with Gasteiger partial charge in [-0.05, 0) is 20.3 Å². The van der Waals surface area contributed by atoms with Gasteiger partial charge in [-0.1, -0.05) is 13.3 Å². The molecule has 0 unspecified atom stereocenters. The zero-order valence-electron chi connectivity index (χ0n) is 6.89. The largest absolute Gasteiger partial charge is 0.314 e. The minimum Gasteiger partial charge on any atom is -0.314 e. The van der Waals surface area contributed by atoms with Gasteiger partial charge in [-0.15, -0.1) is 5.10 Å². The Labute approximate surface area is 62.0 Å². The van der Waals surface area contributed by atoms with Crippen molar-refractivity contribution in [2.45, 2.75) is 39.2 Å². The molecule has 0 fully saturated rings. The Morgan fingerprint density at radius 1 is 1.50 bits per heavy atom. The molecule has 3 nitrogen and oxygen atoms in total. The van der Waals surface area contributed by atoms with Gasteiger partial charge in [0, 0.05) is 0 Å². The Bertz CT molecular complexity index is 143. The van der Waals surface area contributed by atoms with Gasteiger partial charge >= 0.3 is 0 Å². The third-order valence-corrected chi connectivity index (χ3v) is 1.27. The number of hydrogen-bond donors (Lipinski definition) is 1. The fourth-order valence-corrected chi connectivity index (χ4v) is 0.832. The Morgan fingerprint density at radius 3 is 2.50 bits per heavy atom. The van der Waals surface area contributed by atoms with Crippen LogP contribution in [-0.2, 0) is 0 Å². The van der Waals surface area contributed by atoms with E-state index in [1.165, 1.54) is 0 Å². The fraction of sp³-hybridized carbons (Fsp3) is 0.857. The van der Waals surface area contributed by atoms with E-state index in [0.29, 0.717) is 0 Å². The SMILES string of the molecule is CCCC(C)(C)N=C=NN. The van der Waals surface area contributed by atoms with Crippen LogP contribution in [0.2, 0.25) is 0 Å². The maximum atomic E-state index is 4.85. The minimum atomic E-state index is -0.0579. The molecule has 0 rings (SSSR count). The average Bonchev–Trinajstić information content (AvgIpc) is 1.84. The first-order valence-corrected chi connectivity index (χ1v) is 3.49. The van der Waals surface area contributed by atoms with E-state index in [0.717, 1.165) is 12.8 Å². The molecular weight excluding hydrogens is 126 g/mol. The van der Waals surface area contributed by atoms with Crippen molar-refractivity contribution in [2.75, 3.05) is 0 Å². The third kappa shape index (κ3) is 4.10. The summed E-state index contributed by atoms with van der Waals surface area (Å²) < 4.78 is 0. The first-order chi connectivity index (χ1) is 4.62. The van der Waals surface area contributed by atoms with Crippen molar-refractivity contribution in [2.24, 2.45) is 15.9 Å². The van der Waals surface area contributed by atoms with Crippen LogP contribution in [0.4, 0.5) is 0 Å². The molecule has 0 saturated carbocycles. The summed E-state index contributed by atoms with van der Waals surface area (Å²) in [6, 6.07) is 2.40. The Kier molecular flexibility index (Phi) is 3.74. The van der Waals surface area contributed by atoms with Gasteiger partial charge in [0.15, 0.2) is 0 Å². The topological polar surface area (TPSA) is 50.7 Å². The predicted octanol–water partition coefficient (Wildman–Crippen LogP) is 1.61. The summed E-state index contributed by atoms with van der Waals surface area (Å²) in [4.78, 5) is 4.02. The zero-order chi connectivity index (χ0) is 8.04. The third-order valence-electron chi connectivity index (χ3n) is 1.27. The van der Waals surface area contributed by atoms with Crippen LogP contribution in [0.5, 0.6) is 0 Å². The molecule has 0 aliphatic rings. The molecule has 2 N–H and O–H groups in total. The monoisotopic (exact) mass is 141 g/mol. The van der Waals surface area contributed by atoms with E-state index in [9.17, 15) is 0 Å². The van der Waals surface area contributed by atoms with E-state index in [2.05, 4.69) is 23.0 Å².